The zero-order valence-electron chi connectivity index (χ0n) is 14.8. The molecule has 0 saturated carbocycles. The van der Waals surface area contributed by atoms with Gasteiger partial charge in [0.25, 0.3) is 11.1 Å². The molecular formula is C17H15Cl2NO7S. The number of benzene rings is 1. The maximum absolute atomic E-state index is 12.4. The normalized spacial score (nSPS) is 15.1. The van der Waals surface area contributed by atoms with E-state index in [0.29, 0.717) is 17.3 Å². The van der Waals surface area contributed by atoms with Gasteiger partial charge in [0.15, 0.2) is 12.4 Å². The number of methoxy groups -OCH3 is 1. The van der Waals surface area contributed by atoms with Crippen LogP contribution in [0.1, 0.15) is 12.5 Å². The molecule has 1 heterocycles. The first kappa shape index (κ1) is 22.1. The minimum atomic E-state index is -0.677. The smallest absolute Gasteiger partial charge is 0.343 e. The Kier molecular flexibility index (Phi) is 7.73. The molecule has 0 unspecified atom stereocenters. The molecule has 0 atom stereocenters. The predicted octanol–water partition coefficient (Wildman–Crippen LogP) is 3.14. The van der Waals surface area contributed by atoms with E-state index in [1.807, 2.05) is 0 Å². The zero-order chi connectivity index (χ0) is 20.8. The number of imide groups is 1. The maximum Gasteiger partial charge on any atom is 0.343 e. The Morgan fingerprint density at radius 1 is 1.18 bits per heavy atom. The topological polar surface area (TPSA) is 99.2 Å². The molecule has 0 aliphatic carbocycles. The van der Waals surface area contributed by atoms with Crippen LogP contribution in [0.2, 0.25) is 10.0 Å². The molecule has 1 aromatic carbocycles. The fourth-order valence-corrected chi connectivity index (χ4v) is 3.57. The number of nitrogens with zero attached hydrogens (tertiary/aromatic N) is 1. The number of thioether (sulfide) groups is 1. The number of esters is 2. The van der Waals surface area contributed by atoms with E-state index >= 15 is 0 Å². The third kappa shape index (κ3) is 5.40. The second-order valence-corrected chi connectivity index (χ2v) is 7.06. The molecule has 0 spiro atoms. The van der Waals surface area contributed by atoms with Crippen molar-refractivity contribution >= 4 is 64.1 Å². The average molecular weight is 448 g/mol. The highest BCUT2D eigenvalue weighted by Crippen LogP contribution is 2.37. The standard InChI is InChI=1S/C17H15Cl2NO7S/c1-3-26-13(21)7-20-16(23)12(28-17(20)24)6-9-4-10(18)15(11(19)5-9)27-8-14(22)25-2/h4-6H,3,7-8H2,1-2H3/b12-6+. The number of rotatable bonds is 7. The second-order valence-electron chi connectivity index (χ2n) is 5.25. The Bertz CT molecular complexity index is 833. The van der Waals surface area contributed by atoms with Crippen molar-refractivity contribution in [3.63, 3.8) is 0 Å². The Morgan fingerprint density at radius 2 is 1.82 bits per heavy atom. The van der Waals surface area contributed by atoms with Crippen molar-refractivity contribution in [2.75, 3.05) is 26.9 Å². The van der Waals surface area contributed by atoms with Gasteiger partial charge in [-0.15, -0.1) is 0 Å². The maximum atomic E-state index is 12.4. The molecule has 2 amide bonds. The van der Waals surface area contributed by atoms with Crippen LogP contribution in [0.15, 0.2) is 17.0 Å². The van der Waals surface area contributed by atoms with E-state index in [0.717, 1.165) is 4.90 Å². The number of hydrogen-bond acceptors (Lipinski definition) is 8. The molecule has 1 fully saturated rings. The first-order valence-electron chi connectivity index (χ1n) is 7.86. The van der Waals surface area contributed by atoms with Gasteiger partial charge in [-0.05, 0) is 42.5 Å². The van der Waals surface area contributed by atoms with Crippen molar-refractivity contribution < 1.29 is 33.4 Å². The van der Waals surface area contributed by atoms with Gasteiger partial charge in [-0.2, -0.15) is 0 Å². The van der Waals surface area contributed by atoms with Gasteiger partial charge in [-0.25, -0.2) is 4.79 Å². The lowest BCUT2D eigenvalue weighted by Gasteiger charge is -2.11. The van der Waals surface area contributed by atoms with Gasteiger partial charge in [0.05, 0.1) is 28.7 Å². The summed E-state index contributed by atoms with van der Waals surface area (Å²) in [5.74, 6) is -1.82. The quantitative estimate of drug-likeness (QED) is 0.464. The largest absolute Gasteiger partial charge is 0.479 e. The minimum Gasteiger partial charge on any atom is -0.479 e. The van der Waals surface area contributed by atoms with Gasteiger partial charge in [0.2, 0.25) is 0 Å². The third-order valence-electron chi connectivity index (χ3n) is 3.35. The van der Waals surface area contributed by atoms with Gasteiger partial charge < -0.3 is 14.2 Å². The number of hydrogen-bond donors (Lipinski definition) is 0. The number of carbonyl (C=O) groups excluding carboxylic acids is 4. The third-order valence-corrected chi connectivity index (χ3v) is 4.82. The molecule has 11 heteroatoms. The van der Waals surface area contributed by atoms with Crippen LogP contribution >= 0.6 is 35.0 Å². The number of ether oxygens (including phenoxy) is 3. The van der Waals surface area contributed by atoms with E-state index in [1.165, 1.54) is 25.3 Å². The van der Waals surface area contributed by atoms with E-state index in [2.05, 4.69) is 4.74 Å². The molecule has 1 aromatic rings. The lowest BCUT2D eigenvalue weighted by atomic mass is 10.2. The lowest BCUT2D eigenvalue weighted by Crippen LogP contribution is -2.34. The van der Waals surface area contributed by atoms with Crippen molar-refractivity contribution in [3.05, 3.63) is 32.6 Å². The van der Waals surface area contributed by atoms with Crippen molar-refractivity contribution in [3.8, 4) is 5.75 Å². The summed E-state index contributed by atoms with van der Waals surface area (Å²) in [5.41, 5.74) is 0.432. The van der Waals surface area contributed by atoms with E-state index in [4.69, 9.17) is 32.7 Å². The lowest BCUT2D eigenvalue weighted by molar-refractivity contribution is -0.146. The summed E-state index contributed by atoms with van der Waals surface area (Å²) in [4.78, 5) is 48.0. The molecule has 8 nitrogen and oxygen atoms in total. The van der Waals surface area contributed by atoms with E-state index in [-0.39, 0.29) is 33.9 Å². The van der Waals surface area contributed by atoms with Crippen LogP contribution < -0.4 is 4.74 Å². The summed E-state index contributed by atoms with van der Waals surface area (Å²) in [6, 6.07) is 2.92. The van der Waals surface area contributed by atoms with Gasteiger partial charge in [-0.1, -0.05) is 23.2 Å². The van der Waals surface area contributed by atoms with Crippen LogP contribution in [0.4, 0.5) is 4.79 Å². The second kappa shape index (κ2) is 9.81. The summed E-state index contributed by atoms with van der Waals surface area (Å²) in [6.07, 6.45) is 1.41. The van der Waals surface area contributed by atoms with Crippen LogP contribution in [0.5, 0.6) is 5.75 Å². The fourth-order valence-electron chi connectivity index (χ4n) is 2.11. The van der Waals surface area contributed by atoms with Crippen molar-refractivity contribution in [1.82, 2.24) is 4.90 Å². The average Bonchev–Trinajstić information content (AvgIpc) is 2.88. The first-order chi connectivity index (χ1) is 13.3. The Labute approximate surface area is 174 Å². The minimum absolute atomic E-state index is 0.0845. The van der Waals surface area contributed by atoms with Crippen molar-refractivity contribution in [1.29, 1.82) is 0 Å². The van der Waals surface area contributed by atoms with Crippen LogP contribution in [-0.4, -0.2) is 54.9 Å². The molecule has 1 saturated heterocycles. The molecular weight excluding hydrogens is 433 g/mol. The van der Waals surface area contributed by atoms with E-state index in [9.17, 15) is 19.2 Å². The van der Waals surface area contributed by atoms with Gasteiger partial charge in [0, 0.05) is 0 Å². The molecule has 2 rings (SSSR count). The van der Waals surface area contributed by atoms with Crippen LogP contribution in [0.25, 0.3) is 6.08 Å². The van der Waals surface area contributed by atoms with Crippen molar-refractivity contribution in [2.45, 2.75) is 6.92 Å². The molecule has 1 aliphatic heterocycles. The summed E-state index contributed by atoms with van der Waals surface area (Å²) in [5, 5.41) is -0.374. The van der Waals surface area contributed by atoms with Crippen molar-refractivity contribution in [2.24, 2.45) is 0 Å². The zero-order valence-corrected chi connectivity index (χ0v) is 17.2. The number of carbonyl (C=O) groups is 4. The van der Waals surface area contributed by atoms with Crippen LogP contribution in [-0.2, 0) is 23.9 Å². The SMILES string of the molecule is CCOC(=O)CN1C(=O)S/C(=C/c2cc(Cl)c(OCC(=O)OC)c(Cl)c2)C1=O. The molecule has 150 valence electrons. The molecule has 28 heavy (non-hydrogen) atoms. The monoisotopic (exact) mass is 447 g/mol. The first-order valence-corrected chi connectivity index (χ1v) is 9.43. The molecule has 0 aromatic heterocycles. The van der Waals surface area contributed by atoms with Gasteiger partial charge >= 0.3 is 11.9 Å². The Morgan fingerprint density at radius 3 is 2.39 bits per heavy atom. The van der Waals surface area contributed by atoms with Gasteiger partial charge in [-0.3, -0.25) is 19.3 Å². The van der Waals surface area contributed by atoms with E-state index in [1.54, 1.807) is 6.92 Å². The van der Waals surface area contributed by atoms with E-state index < -0.39 is 29.6 Å². The Hall–Kier alpha value is -2.23. The molecule has 0 radical (unpaired) electrons. The fraction of sp³-hybridized carbons (Fsp3) is 0.294. The number of halogens is 2. The molecule has 0 bridgehead atoms. The predicted molar refractivity (Wildman–Crippen MR) is 103 cm³/mol. The highest BCUT2D eigenvalue weighted by atomic mass is 35.5. The van der Waals surface area contributed by atoms with Gasteiger partial charge in [0.1, 0.15) is 6.54 Å². The van der Waals surface area contributed by atoms with Crippen LogP contribution in [0.3, 0.4) is 0 Å². The summed E-state index contributed by atoms with van der Waals surface area (Å²) < 4.78 is 14.4. The highest BCUT2D eigenvalue weighted by Gasteiger charge is 2.36. The number of amides is 2. The highest BCUT2D eigenvalue weighted by molar-refractivity contribution is 8.18. The summed E-state index contributed by atoms with van der Waals surface area (Å²) in [6.45, 7) is 0.934. The molecule has 0 N–H and O–H groups in total. The van der Waals surface area contributed by atoms with Crippen LogP contribution in [0, 0.1) is 0 Å². The Balaban J connectivity index is 2.19. The summed E-state index contributed by atoms with van der Waals surface area (Å²) >= 11 is 12.9. The summed E-state index contributed by atoms with van der Waals surface area (Å²) in [7, 11) is 1.22. The molecule has 1 aliphatic rings.